The van der Waals surface area contributed by atoms with E-state index in [4.69, 9.17) is 0 Å². The van der Waals surface area contributed by atoms with Crippen molar-refractivity contribution in [3.63, 3.8) is 0 Å². The van der Waals surface area contributed by atoms with E-state index in [0.717, 1.165) is 9.80 Å². The van der Waals surface area contributed by atoms with Crippen molar-refractivity contribution in [2.24, 2.45) is 0 Å². The minimum absolute atomic E-state index is 0.0960. The molecule has 4 atom stereocenters. The average Bonchev–Trinajstić information content (AvgIpc) is 2.67. The summed E-state index contributed by atoms with van der Waals surface area (Å²) >= 11 is 0. The number of carbonyl (C=O) groups excluding carboxylic acids is 2. The van der Waals surface area contributed by atoms with Gasteiger partial charge in [-0.2, -0.15) is 0 Å². The van der Waals surface area contributed by atoms with Crippen molar-refractivity contribution in [2.75, 3.05) is 13.1 Å². The number of hydrogen-bond donors (Lipinski definition) is 6. The van der Waals surface area contributed by atoms with Gasteiger partial charge in [0.05, 0.1) is 0 Å². The molecule has 18 heavy (non-hydrogen) atoms. The number of rotatable bonds is 3. The van der Waals surface area contributed by atoms with Gasteiger partial charge in [0.2, 0.25) is 0 Å². The summed E-state index contributed by atoms with van der Waals surface area (Å²) in [5.41, 5.74) is 0. The zero-order valence-corrected chi connectivity index (χ0v) is 9.22. The fourth-order valence-corrected chi connectivity index (χ4v) is 1.83. The highest BCUT2D eigenvalue weighted by molar-refractivity contribution is 5.78. The van der Waals surface area contributed by atoms with E-state index < -0.39 is 37.0 Å². The largest absolute Gasteiger partial charge is 0.369 e. The Labute approximate surface area is 101 Å². The molecule has 2 saturated heterocycles. The Hall–Kier alpha value is -1.62. The normalized spacial score (nSPS) is 36.0. The van der Waals surface area contributed by atoms with Crippen LogP contribution in [-0.4, -0.2) is 80.3 Å². The number of nitrogens with one attached hydrogen (secondary N) is 2. The lowest BCUT2D eigenvalue weighted by Gasteiger charge is -2.24. The number of carbonyl (C=O) groups is 2. The molecular weight excluding hydrogens is 248 g/mol. The molecule has 4 amide bonds. The Morgan fingerprint density at radius 2 is 1.17 bits per heavy atom. The molecule has 0 saturated carbocycles. The van der Waals surface area contributed by atoms with E-state index in [1.807, 2.05) is 0 Å². The fraction of sp³-hybridized carbons (Fsp3) is 0.750. The van der Waals surface area contributed by atoms with Crippen LogP contribution in [0.1, 0.15) is 0 Å². The second-order valence-corrected chi connectivity index (χ2v) is 4.00. The van der Waals surface area contributed by atoms with Crippen molar-refractivity contribution in [3.8, 4) is 0 Å². The molecule has 2 fully saturated rings. The maximum atomic E-state index is 11.3. The van der Waals surface area contributed by atoms with Gasteiger partial charge in [0.1, 0.15) is 0 Å². The van der Waals surface area contributed by atoms with Crippen LogP contribution < -0.4 is 10.6 Å². The smallest absolute Gasteiger partial charge is 0.321 e. The van der Waals surface area contributed by atoms with Crippen molar-refractivity contribution in [1.29, 1.82) is 0 Å². The Bertz CT molecular complexity index is 331. The molecule has 2 rings (SSSR count). The van der Waals surface area contributed by atoms with Crippen LogP contribution in [0.25, 0.3) is 0 Å². The third kappa shape index (κ3) is 2.06. The van der Waals surface area contributed by atoms with Crippen LogP contribution in [0.2, 0.25) is 0 Å². The number of nitrogens with zero attached hydrogens (tertiary/aromatic N) is 2. The molecule has 10 nitrogen and oxygen atoms in total. The number of amides is 4. The maximum absolute atomic E-state index is 11.3. The quantitative estimate of drug-likeness (QED) is 0.309. The number of hydrogen-bond acceptors (Lipinski definition) is 6. The number of aliphatic hydroxyl groups is 4. The van der Waals surface area contributed by atoms with Crippen molar-refractivity contribution < 1.29 is 30.0 Å². The molecule has 0 aromatic heterocycles. The molecule has 0 aromatic carbocycles. The SMILES string of the molecule is O=C1NC(O)C(O)N1CCN1C(=O)NC(O)C1O. The second kappa shape index (κ2) is 4.57. The third-order valence-electron chi connectivity index (χ3n) is 2.85. The van der Waals surface area contributed by atoms with Gasteiger partial charge in [0.25, 0.3) is 0 Å². The first-order chi connectivity index (χ1) is 8.41. The summed E-state index contributed by atoms with van der Waals surface area (Å²) in [6, 6.07) is -1.35. The first kappa shape index (κ1) is 12.8. The second-order valence-electron chi connectivity index (χ2n) is 4.00. The van der Waals surface area contributed by atoms with Crippen molar-refractivity contribution in [2.45, 2.75) is 24.9 Å². The molecule has 0 aliphatic carbocycles. The van der Waals surface area contributed by atoms with Crippen LogP contribution in [0.4, 0.5) is 9.59 Å². The van der Waals surface area contributed by atoms with Crippen LogP contribution in [-0.2, 0) is 0 Å². The van der Waals surface area contributed by atoms with E-state index in [-0.39, 0.29) is 13.1 Å². The van der Waals surface area contributed by atoms with Crippen molar-refractivity contribution in [1.82, 2.24) is 20.4 Å². The lowest BCUT2D eigenvalue weighted by Crippen LogP contribution is -2.45. The van der Waals surface area contributed by atoms with Gasteiger partial charge < -0.3 is 31.1 Å². The number of aliphatic hydroxyl groups excluding tert-OH is 4. The summed E-state index contributed by atoms with van der Waals surface area (Å²) < 4.78 is 0. The molecule has 0 spiro atoms. The average molecular weight is 262 g/mol. The maximum Gasteiger partial charge on any atom is 0.321 e. The summed E-state index contributed by atoms with van der Waals surface area (Å²) in [6.07, 6.45) is -5.60. The molecule has 0 bridgehead atoms. The zero-order chi connectivity index (χ0) is 13.4. The van der Waals surface area contributed by atoms with Gasteiger partial charge in [-0.25, -0.2) is 9.59 Å². The minimum Gasteiger partial charge on any atom is -0.369 e. The first-order valence-corrected chi connectivity index (χ1v) is 5.28. The highest BCUT2D eigenvalue weighted by Gasteiger charge is 2.40. The summed E-state index contributed by atoms with van der Waals surface area (Å²) in [7, 11) is 0. The molecule has 0 radical (unpaired) electrons. The summed E-state index contributed by atoms with van der Waals surface area (Å²) in [5, 5.41) is 41.4. The van der Waals surface area contributed by atoms with E-state index >= 15 is 0 Å². The van der Waals surface area contributed by atoms with Gasteiger partial charge in [0.15, 0.2) is 24.9 Å². The van der Waals surface area contributed by atoms with E-state index in [9.17, 15) is 30.0 Å². The van der Waals surface area contributed by atoms with Crippen LogP contribution >= 0.6 is 0 Å². The summed E-state index contributed by atoms with van der Waals surface area (Å²) in [4.78, 5) is 24.4. The highest BCUT2D eigenvalue weighted by Crippen LogP contribution is 2.12. The van der Waals surface area contributed by atoms with E-state index in [2.05, 4.69) is 10.6 Å². The topological polar surface area (TPSA) is 146 Å². The Morgan fingerprint density at radius 1 is 0.833 bits per heavy atom. The summed E-state index contributed by atoms with van der Waals surface area (Å²) in [6.45, 7) is -0.192. The van der Waals surface area contributed by atoms with Crippen LogP contribution in [0, 0.1) is 0 Å². The van der Waals surface area contributed by atoms with Crippen molar-refractivity contribution >= 4 is 12.1 Å². The van der Waals surface area contributed by atoms with Crippen LogP contribution in [0.5, 0.6) is 0 Å². The van der Waals surface area contributed by atoms with Gasteiger partial charge in [-0.1, -0.05) is 0 Å². The molecule has 2 aliphatic heterocycles. The molecule has 0 aromatic rings. The van der Waals surface area contributed by atoms with E-state index in [0.29, 0.717) is 0 Å². The van der Waals surface area contributed by atoms with Gasteiger partial charge in [-0.15, -0.1) is 0 Å². The van der Waals surface area contributed by atoms with Gasteiger partial charge in [-0.3, -0.25) is 9.80 Å². The molecule has 2 heterocycles. The Kier molecular flexibility index (Phi) is 3.26. The van der Waals surface area contributed by atoms with Crippen LogP contribution in [0.3, 0.4) is 0 Å². The fourth-order valence-electron chi connectivity index (χ4n) is 1.83. The van der Waals surface area contributed by atoms with Gasteiger partial charge in [0, 0.05) is 13.1 Å². The van der Waals surface area contributed by atoms with Crippen LogP contribution in [0.15, 0.2) is 0 Å². The van der Waals surface area contributed by atoms with E-state index in [1.165, 1.54) is 0 Å². The number of urea groups is 2. The van der Waals surface area contributed by atoms with Gasteiger partial charge in [-0.05, 0) is 0 Å². The molecule has 102 valence electrons. The Morgan fingerprint density at radius 3 is 1.39 bits per heavy atom. The Balaban J connectivity index is 1.92. The third-order valence-corrected chi connectivity index (χ3v) is 2.85. The lowest BCUT2D eigenvalue weighted by molar-refractivity contribution is -0.0511. The summed E-state index contributed by atoms with van der Waals surface area (Å²) in [5.74, 6) is 0. The minimum atomic E-state index is -1.41. The molecule has 2 aliphatic rings. The standard InChI is InChI=1S/C8H14N4O6/c13-3-5(15)11(7(17)9-3)1-2-12-6(16)4(14)10-8(12)18/h3-6,13-16H,1-2H2,(H,9,17)(H,10,18). The molecule has 10 heteroatoms. The first-order valence-electron chi connectivity index (χ1n) is 5.28. The van der Waals surface area contributed by atoms with Gasteiger partial charge >= 0.3 is 12.1 Å². The zero-order valence-electron chi connectivity index (χ0n) is 9.22. The predicted octanol–water partition coefficient (Wildman–Crippen LogP) is -3.69. The van der Waals surface area contributed by atoms with Crippen molar-refractivity contribution in [3.05, 3.63) is 0 Å². The molecule has 6 N–H and O–H groups in total. The molecular formula is C8H14N4O6. The monoisotopic (exact) mass is 262 g/mol. The lowest BCUT2D eigenvalue weighted by atomic mass is 10.4. The highest BCUT2D eigenvalue weighted by atomic mass is 16.4. The predicted molar refractivity (Wildman–Crippen MR) is 54.5 cm³/mol. The van der Waals surface area contributed by atoms with E-state index in [1.54, 1.807) is 0 Å². The molecule has 4 unspecified atom stereocenters.